The molecule has 0 aliphatic carbocycles. The number of amides is 3. The van der Waals surface area contributed by atoms with Crippen molar-refractivity contribution >= 4 is 23.5 Å². The van der Waals surface area contributed by atoms with E-state index in [1.54, 1.807) is 4.90 Å². The van der Waals surface area contributed by atoms with E-state index < -0.39 is 24.3 Å². The minimum atomic E-state index is -4.80. The van der Waals surface area contributed by atoms with Crippen molar-refractivity contribution in [2.75, 3.05) is 51.3 Å². The normalized spacial score (nSPS) is 17.9. The Hall–Kier alpha value is -3.84. The first-order chi connectivity index (χ1) is 18.7. The van der Waals surface area contributed by atoms with Gasteiger partial charge in [0.1, 0.15) is 11.9 Å². The number of anilines is 1. The van der Waals surface area contributed by atoms with Gasteiger partial charge in [-0.1, -0.05) is 30.3 Å². The van der Waals surface area contributed by atoms with Crippen molar-refractivity contribution in [3.05, 3.63) is 60.2 Å². The number of benzene rings is 2. The summed E-state index contributed by atoms with van der Waals surface area (Å²) in [5.74, 6) is -0.493. The molecular weight excluding hydrogens is 517 g/mol. The molecule has 1 fully saturated rings. The number of halogens is 3. The van der Waals surface area contributed by atoms with Crippen LogP contribution in [0.5, 0.6) is 5.75 Å². The predicted molar refractivity (Wildman–Crippen MR) is 138 cm³/mol. The summed E-state index contributed by atoms with van der Waals surface area (Å²) in [5, 5.41) is 8.18. The van der Waals surface area contributed by atoms with E-state index in [-0.39, 0.29) is 24.0 Å². The number of nitrogens with zero attached hydrogens (tertiary/aromatic N) is 3. The second kappa shape index (κ2) is 13.3. The molecule has 0 bridgehead atoms. The number of morpholine rings is 1. The van der Waals surface area contributed by atoms with E-state index in [0.717, 1.165) is 57.0 Å². The van der Waals surface area contributed by atoms with Crippen LogP contribution in [0.1, 0.15) is 12.0 Å². The Kier molecular flexibility index (Phi) is 9.60. The molecule has 2 aliphatic rings. The molecule has 3 amide bonds. The van der Waals surface area contributed by atoms with Crippen LogP contribution >= 0.6 is 0 Å². The maximum absolute atomic E-state index is 13.0. The Morgan fingerprint density at radius 2 is 1.77 bits per heavy atom. The average Bonchev–Trinajstić information content (AvgIpc) is 3.29. The van der Waals surface area contributed by atoms with Crippen LogP contribution in [-0.2, 0) is 16.1 Å². The van der Waals surface area contributed by atoms with Crippen molar-refractivity contribution in [2.24, 2.45) is 4.99 Å². The van der Waals surface area contributed by atoms with Gasteiger partial charge in [0, 0.05) is 31.9 Å². The fourth-order valence-electron chi connectivity index (χ4n) is 4.26. The largest absolute Gasteiger partial charge is 0.573 e. The Morgan fingerprint density at radius 3 is 2.46 bits per heavy atom. The molecule has 4 rings (SSSR count). The van der Waals surface area contributed by atoms with E-state index in [4.69, 9.17) is 4.74 Å². The number of aliphatic imine (C=N–C) groups is 1. The van der Waals surface area contributed by atoms with Gasteiger partial charge in [-0.05, 0) is 42.8 Å². The molecule has 1 saturated heterocycles. The van der Waals surface area contributed by atoms with Gasteiger partial charge in [-0.2, -0.15) is 0 Å². The standard InChI is InChI=1S/C26H31F3N6O4/c27-26(28,29)39-21-9-7-20(8-10-21)31-25(37)33-22-18-35(17-19-5-2-1-3-6-19)23(32-22)24(36)30-11-4-12-34-13-15-38-16-14-34/h1-3,5-10,22H,4,11-18H2,(H,30,36)(H2,31,33,37). The maximum atomic E-state index is 13.0. The number of alkyl halides is 3. The van der Waals surface area contributed by atoms with Gasteiger partial charge >= 0.3 is 12.4 Å². The molecule has 0 spiro atoms. The zero-order chi connectivity index (χ0) is 27.7. The van der Waals surface area contributed by atoms with Crippen LogP contribution in [0.3, 0.4) is 0 Å². The molecule has 0 radical (unpaired) electrons. The zero-order valence-electron chi connectivity index (χ0n) is 21.2. The van der Waals surface area contributed by atoms with Crippen molar-refractivity contribution in [3.8, 4) is 5.75 Å². The van der Waals surface area contributed by atoms with Gasteiger partial charge in [-0.3, -0.25) is 9.69 Å². The summed E-state index contributed by atoms with van der Waals surface area (Å²) < 4.78 is 46.2. The number of carbonyl (C=O) groups is 2. The smallest absolute Gasteiger partial charge is 0.406 e. The van der Waals surface area contributed by atoms with Crippen LogP contribution in [0.15, 0.2) is 59.6 Å². The lowest BCUT2D eigenvalue weighted by Crippen LogP contribution is -2.43. The number of hydrogen-bond acceptors (Lipinski definition) is 7. The summed E-state index contributed by atoms with van der Waals surface area (Å²) in [4.78, 5) is 34.1. The summed E-state index contributed by atoms with van der Waals surface area (Å²) in [6.45, 7) is 5.25. The second-order valence-corrected chi connectivity index (χ2v) is 9.07. The number of carbonyl (C=O) groups excluding carboxylic acids is 2. The minimum Gasteiger partial charge on any atom is -0.406 e. The van der Waals surface area contributed by atoms with Crippen molar-refractivity contribution < 1.29 is 32.2 Å². The molecular formula is C26H31F3N6O4. The molecule has 0 aromatic heterocycles. The number of urea groups is 1. The number of rotatable bonds is 10. The van der Waals surface area contributed by atoms with Crippen LogP contribution in [-0.4, -0.2) is 86.0 Å². The fraction of sp³-hybridized carbons (Fsp3) is 0.423. The highest BCUT2D eigenvalue weighted by Crippen LogP contribution is 2.24. The number of amidine groups is 1. The van der Waals surface area contributed by atoms with E-state index >= 15 is 0 Å². The van der Waals surface area contributed by atoms with Gasteiger partial charge in [0.25, 0.3) is 5.91 Å². The third kappa shape index (κ3) is 9.14. The van der Waals surface area contributed by atoms with Crippen LogP contribution in [0.2, 0.25) is 0 Å². The third-order valence-electron chi connectivity index (χ3n) is 6.07. The van der Waals surface area contributed by atoms with Gasteiger partial charge in [0.15, 0.2) is 5.84 Å². The first kappa shape index (κ1) is 28.2. The summed E-state index contributed by atoms with van der Waals surface area (Å²) in [5.41, 5.74) is 1.25. The molecule has 13 heteroatoms. The van der Waals surface area contributed by atoms with Crippen molar-refractivity contribution in [1.82, 2.24) is 20.4 Å². The fourth-order valence-corrected chi connectivity index (χ4v) is 4.26. The molecule has 1 unspecified atom stereocenters. The van der Waals surface area contributed by atoms with Gasteiger partial charge in [-0.25, -0.2) is 9.79 Å². The van der Waals surface area contributed by atoms with Gasteiger partial charge in [0.05, 0.1) is 19.8 Å². The maximum Gasteiger partial charge on any atom is 0.573 e. The van der Waals surface area contributed by atoms with Gasteiger partial charge in [-0.15, -0.1) is 13.2 Å². The SMILES string of the molecule is O=C(Nc1ccc(OC(F)(F)F)cc1)NC1CN(Cc2ccccc2)C(C(=O)NCCCN2CCOCC2)=N1. The van der Waals surface area contributed by atoms with E-state index in [0.29, 0.717) is 13.1 Å². The van der Waals surface area contributed by atoms with Gasteiger partial charge in [0.2, 0.25) is 0 Å². The average molecular weight is 549 g/mol. The number of nitrogens with one attached hydrogen (secondary N) is 3. The monoisotopic (exact) mass is 548 g/mol. The first-order valence-electron chi connectivity index (χ1n) is 12.6. The molecule has 210 valence electrons. The minimum absolute atomic E-state index is 0.226. The quantitative estimate of drug-likeness (QED) is 0.395. The Labute approximate surface area is 224 Å². The lowest BCUT2D eigenvalue weighted by molar-refractivity contribution is -0.274. The topological polar surface area (TPSA) is 108 Å². The Balaban J connectivity index is 1.32. The highest BCUT2D eigenvalue weighted by atomic mass is 19.4. The summed E-state index contributed by atoms with van der Waals surface area (Å²) in [6, 6.07) is 13.8. The van der Waals surface area contributed by atoms with Crippen molar-refractivity contribution in [2.45, 2.75) is 25.5 Å². The zero-order valence-corrected chi connectivity index (χ0v) is 21.2. The van der Waals surface area contributed by atoms with Crippen LogP contribution < -0.4 is 20.7 Å². The molecule has 2 aliphatic heterocycles. The summed E-state index contributed by atoms with van der Waals surface area (Å²) in [7, 11) is 0. The second-order valence-electron chi connectivity index (χ2n) is 9.07. The van der Waals surface area contributed by atoms with Crippen molar-refractivity contribution in [1.29, 1.82) is 0 Å². The molecule has 3 N–H and O–H groups in total. The highest BCUT2D eigenvalue weighted by molar-refractivity contribution is 6.38. The number of hydrogen-bond donors (Lipinski definition) is 3. The first-order valence-corrected chi connectivity index (χ1v) is 12.6. The number of ether oxygens (including phenoxy) is 2. The molecule has 2 aromatic rings. The molecule has 2 heterocycles. The van der Waals surface area contributed by atoms with Crippen LogP contribution in [0.25, 0.3) is 0 Å². The molecule has 1 atom stereocenters. The van der Waals surface area contributed by atoms with E-state index in [1.807, 2.05) is 30.3 Å². The highest BCUT2D eigenvalue weighted by Gasteiger charge is 2.32. The molecule has 39 heavy (non-hydrogen) atoms. The molecule has 0 saturated carbocycles. The summed E-state index contributed by atoms with van der Waals surface area (Å²) in [6.07, 6.45) is -4.71. The van der Waals surface area contributed by atoms with E-state index in [1.165, 1.54) is 12.1 Å². The Morgan fingerprint density at radius 1 is 1.05 bits per heavy atom. The van der Waals surface area contributed by atoms with Crippen LogP contribution in [0.4, 0.5) is 23.7 Å². The predicted octanol–water partition coefficient (Wildman–Crippen LogP) is 2.79. The molecule has 10 nitrogen and oxygen atoms in total. The lowest BCUT2D eigenvalue weighted by Gasteiger charge is -2.26. The van der Waals surface area contributed by atoms with E-state index in [2.05, 4.69) is 30.6 Å². The summed E-state index contributed by atoms with van der Waals surface area (Å²) >= 11 is 0. The third-order valence-corrected chi connectivity index (χ3v) is 6.07. The lowest BCUT2D eigenvalue weighted by atomic mass is 10.2. The Bertz CT molecular complexity index is 1120. The van der Waals surface area contributed by atoms with E-state index in [9.17, 15) is 22.8 Å². The van der Waals surface area contributed by atoms with Crippen molar-refractivity contribution in [3.63, 3.8) is 0 Å². The van der Waals surface area contributed by atoms with Crippen LogP contribution in [0, 0.1) is 0 Å². The van der Waals surface area contributed by atoms with Gasteiger partial charge < -0.3 is 30.3 Å². The molecule has 2 aromatic carbocycles.